The molecule has 0 atom stereocenters. The Balaban J connectivity index is 2.42. The van der Waals surface area contributed by atoms with Gasteiger partial charge in [0.1, 0.15) is 23.9 Å². The summed E-state index contributed by atoms with van der Waals surface area (Å²) in [5, 5.41) is 0. The minimum atomic E-state index is 0.543. The number of nitrogens with zero attached hydrogens (tertiary/aromatic N) is 2. The lowest BCUT2D eigenvalue weighted by molar-refractivity contribution is 0.353. The number of fused-ring (bicyclic) bond motifs is 1. The summed E-state index contributed by atoms with van der Waals surface area (Å²) in [4.78, 5) is 6.46. The summed E-state index contributed by atoms with van der Waals surface area (Å²) in [7, 11) is 3.93. The van der Waals surface area contributed by atoms with Gasteiger partial charge >= 0.3 is 0 Å². The fraction of sp³-hybridized carbons (Fsp3) is 0.300. The molecule has 0 spiro atoms. The zero-order valence-electron chi connectivity index (χ0n) is 8.12. The van der Waals surface area contributed by atoms with Gasteiger partial charge in [0, 0.05) is 18.6 Å². The average molecular weight is 255 g/mol. The third-order valence-corrected chi connectivity index (χ3v) is 2.54. The summed E-state index contributed by atoms with van der Waals surface area (Å²) >= 11 is 3.41. The number of hydrogen-bond donors (Lipinski definition) is 0. The van der Waals surface area contributed by atoms with E-state index >= 15 is 0 Å². The van der Waals surface area contributed by atoms with E-state index in [0.29, 0.717) is 6.61 Å². The Bertz CT molecular complexity index is 388. The van der Waals surface area contributed by atoms with Crippen molar-refractivity contribution in [3.05, 3.63) is 22.7 Å². The molecule has 1 aromatic carbocycles. The van der Waals surface area contributed by atoms with E-state index in [0.717, 1.165) is 21.7 Å². The summed E-state index contributed by atoms with van der Waals surface area (Å²) in [6.45, 7) is 0.543. The maximum atomic E-state index is 5.56. The Labute approximate surface area is 91.5 Å². The van der Waals surface area contributed by atoms with Crippen molar-refractivity contribution >= 4 is 27.5 Å². The zero-order chi connectivity index (χ0) is 10.1. The molecule has 0 saturated heterocycles. The first-order chi connectivity index (χ1) is 6.66. The maximum absolute atomic E-state index is 5.56. The fourth-order valence-corrected chi connectivity index (χ4v) is 1.59. The lowest BCUT2D eigenvalue weighted by Crippen LogP contribution is -2.29. The summed E-state index contributed by atoms with van der Waals surface area (Å²) in [6.07, 6.45) is 0. The molecule has 3 nitrogen and oxygen atoms in total. The molecular weight excluding hydrogens is 244 g/mol. The van der Waals surface area contributed by atoms with Crippen LogP contribution >= 0.6 is 15.9 Å². The number of hydrogen-bond acceptors (Lipinski definition) is 3. The predicted octanol–water partition coefficient (Wildman–Crippen LogP) is 2.43. The Morgan fingerprint density at radius 1 is 1.43 bits per heavy atom. The van der Waals surface area contributed by atoms with Gasteiger partial charge in [0.15, 0.2) is 0 Å². The van der Waals surface area contributed by atoms with Gasteiger partial charge < -0.3 is 9.64 Å². The lowest BCUT2D eigenvalue weighted by Gasteiger charge is -2.21. The highest BCUT2D eigenvalue weighted by Crippen LogP contribution is 2.33. The van der Waals surface area contributed by atoms with Crippen LogP contribution in [0.1, 0.15) is 0 Å². The monoisotopic (exact) mass is 254 g/mol. The Morgan fingerprint density at radius 2 is 2.21 bits per heavy atom. The highest BCUT2D eigenvalue weighted by Gasteiger charge is 2.13. The molecule has 4 heteroatoms. The largest absolute Gasteiger partial charge is 0.483 e. The summed E-state index contributed by atoms with van der Waals surface area (Å²) in [5.41, 5.74) is 0.884. The van der Waals surface area contributed by atoms with Crippen LogP contribution in [0, 0.1) is 0 Å². The zero-order valence-corrected chi connectivity index (χ0v) is 9.71. The highest BCUT2D eigenvalue weighted by atomic mass is 79.9. The van der Waals surface area contributed by atoms with Gasteiger partial charge in [-0.2, -0.15) is 0 Å². The molecule has 0 unspecified atom stereocenters. The van der Waals surface area contributed by atoms with Crippen molar-refractivity contribution in [2.75, 3.05) is 20.7 Å². The molecule has 1 aliphatic rings. The van der Waals surface area contributed by atoms with Crippen molar-refractivity contribution in [3.63, 3.8) is 0 Å². The number of likely N-dealkylation sites (N-methyl/N-ethyl adjacent to an activating group) is 1. The fourth-order valence-electron chi connectivity index (χ4n) is 1.24. The predicted molar refractivity (Wildman–Crippen MR) is 60.4 cm³/mol. The van der Waals surface area contributed by atoms with Gasteiger partial charge in [-0.15, -0.1) is 0 Å². The molecule has 0 radical (unpaired) electrons. The standard InChI is InChI=1S/C10H11BrN2O/c1-13(2)10-6-14-9-4-3-7(11)5-8(9)12-10/h3-5H,6H2,1-2H3. The molecule has 0 saturated carbocycles. The topological polar surface area (TPSA) is 24.8 Å². The first kappa shape index (κ1) is 9.52. The van der Waals surface area contributed by atoms with Crippen LogP contribution in [0.15, 0.2) is 27.7 Å². The average Bonchev–Trinajstić information content (AvgIpc) is 2.16. The highest BCUT2D eigenvalue weighted by molar-refractivity contribution is 9.10. The molecule has 1 aliphatic heterocycles. The molecule has 1 aromatic rings. The number of aliphatic imine (C=N–C) groups is 1. The molecule has 0 N–H and O–H groups in total. The molecule has 1 heterocycles. The van der Waals surface area contributed by atoms with E-state index in [9.17, 15) is 0 Å². The van der Waals surface area contributed by atoms with Crippen molar-refractivity contribution < 1.29 is 4.74 Å². The normalized spacial score (nSPS) is 14.1. The maximum Gasteiger partial charge on any atom is 0.146 e. The molecule has 0 aromatic heterocycles. The third-order valence-electron chi connectivity index (χ3n) is 2.04. The molecule has 0 bridgehead atoms. The Hall–Kier alpha value is -1.03. The van der Waals surface area contributed by atoms with Crippen LogP contribution < -0.4 is 4.74 Å². The van der Waals surface area contributed by atoms with Crippen molar-refractivity contribution in [1.29, 1.82) is 0 Å². The van der Waals surface area contributed by atoms with E-state index in [1.54, 1.807) is 0 Å². The molecule has 2 rings (SSSR count). The van der Waals surface area contributed by atoms with E-state index in [4.69, 9.17) is 4.74 Å². The van der Waals surface area contributed by atoms with Crippen molar-refractivity contribution in [2.24, 2.45) is 4.99 Å². The van der Waals surface area contributed by atoms with Crippen molar-refractivity contribution in [3.8, 4) is 5.75 Å². The van der Waals surface area contributed by atoms with Gasteiger partial charge in [-0.1, -0.05) is 15.9 Å². The van der Waals surface area contributed by atoms with Gasteiger partial charge in [-0.05, 0) is 18.2 Å². The van der Waals surface area contributed by atoms with E-state index in [1.165, 1.54) is 0 Å². The summed E-state index contributed by atoms with van der Waals surface area (Å²) in [6, 6.07) is 5.84. The quantitative estimate of drug-likeness (QED) is 0.711. The van der Waals surface area contributed by atoms with Gasteiger partial charge in [-0.25, -0.2) is 4.99 Å². The number of amidine groups is 1. The van der Waals surface area contributed by atoms with Crippen LogP contribution in [-0.2, 0) is 0 Å². The second-order valence-corrected chi connectivity index (χ2v) is 4.24. The van der Waals surface area contributed by atoms with E-state index in [-0.39, 0.29) is 0 Å². The van der Waals surface area contributed by atoms with Crippen LogP contribution in [-0.4, -0.2) is 31.4 Å². The van der Waals surface area contributed by atoms with Crippen LogP contribution in [0.3, 0.4) is 0 Å². The van der Waals surface area contributed by atoms with Gasteiger partial charge in [0.2, 0.25) is 0 Å². The van der Waals surface area contributed by atoms with Crippen molar-refractivity contribution in [2.45, 2.75) is 0 Å². The minimum Gasteiger partial charge on any atom is -0.483 e. The number of benzene rings is 1. The van der Waals surface area contributed by atoms with E-state index < -0.39 is 0 Å². The van der Waals surface area contributed by atoms with Crippen LogP contribution in [0.25, 0.3) is 0 Å². The van der Waals surface area contributed by atoms with E-state index in [2.05, 4.69) is 20.9 Å². The third kappa shape index (κ3) is 1.75. The van der Waals surface area contributed by atoms with Gasteiger partial charge in [0.25, 0.3) is 0 Å². The number of ether oxygens (including phenoxy) is 1. The van der Waals surface area contributed by atoms with Crippen molar-refractivity contribution in [1.82, 2.24) is 4.90 Å². The van der Waals surface area contributed by atoms with Crippen LogP contribution in [0.2, 0.25) is 0 Å². The van der Waals surface area contributed by atoms with Crippen LogP contribution in [0.5, 0.6) is 5.75 Å². The molecule has 14 heavy (non-hydrogen) atoms. The second-order valence-electron chi connectivity index (χ2n) is 3.32. The minimum absolute atomic E-state index is 0.543. The molecule has 0 aliphatic carbocycles. The van der Waals surface area contributed by atoms with Gasteiger partial charge in [0.05, 0.1) is 0 Å². The lowest BCUT2D eigenvalue weighted by atomic mass is 10.3. The first-order valence-corrected chi connectivity index (χ1v) is 5.13. The Morgan fingerprint density at radius 3 is 2.93 bits per heavy atom. The number of halogens is 1. The number of rotatable bonds is 0. The first-order valence-electron chi connectivity index (χ1n) is 4.34. The molecule has 0 amide bonds. The SMILES string of the molecule is CN(C)C1=Nc2cc(Br)ccc2OC1. The molecule has 0 fully saturated rings. The molecule has 74 valence electrons. The second kappa shape index (κ2) is 3.61. The smallest absolute Gasteiger partial charge is 0.146 e. The Kier molecular flexibility index (Phi) is 2.46. The van der Waals surface area contributed by atoms with E-state index in [1.807, 2.05) is 37.2 Å². The summed E-state index contributed by atoms with van der Waals surface area (Å²) < 4.78 is 6.58. The van der Waals surface area contributed by atoms with Gasteiger partial charge in [-0.3, -0.25) is 0 Å². The van der Waals surface area contributed by atoms with Crippen LogP contribution in [0.4, 0.5) is 5.69 Å². The molecular formula is C10H11BrN2O. The summed E-state index contributed by atoms with van der Waals surface area (Å²) in [5.74, 6) is 1.79.